The summed E-state index contributed by atoms with van der Waals surface area (Å²) < 4.78 is 11.9. The van der Waals surface area contributed by atoms with Gasteiger partial charge in [-0.2, -0.15) is 0 Å². The van der Waals surface area contributed by atoms with Crippen molar-refractivity contribution in [3.8, 4) is 5.75 Å². The Kier molecular flexibility index (Phi) is 4.24. The Balaban J connectivity index is 2.48. The van der Waals surface area contributed by atoms with E-state index in [-0.39, 0.29) is 6.09 Å². The Morgan fingerprint density at radius 1 is 1.24 bits per heavy atom. The summed E-state index contributed by atoms with van der Waals surface area (Å²) in [5, 5.41) is 0. The van der Waals surface area contributed by atoms with Crippen LogP contribution in [0.4, 0.5) is 10.5 Å². The summed E-state index contributed by atoms with van der Waals surface area (Å²) in [5.74, 6) is 0.845. The first-order chi connectivity index (χ1) is 9.67. The first kappa shape index (κ1) is 16.1. The summed E-state index contributed by atoms with van der Waals surface area (Å²) in [6.07, 6.45) is 0.507. The van der Waals surface area contributed by atoms with Crippen LogP contribution < -0.4 is 9.64 Å². The molecule has 1 heterocycles. The van der Waals surface area contributed by atoms with Crippen LogP contribution in [-0.4, -0.2) is 25.3 Å². The molecule has 0 N–H and O–H groups in total. The van der Waals surface area contributed by atoms with Crippen molar-refractivity contribution < 1.29 is 14.3 Å². The Morgan fingerprint density at radius 2 is 1.86 bits per heavy atom. The fraction of sp³-hybridized carbons (Fsp3) is 0.562. The second-order valence-corrected chi connectivity index (χ2v) is 7.10. The van der Waals surface area contributed by atoms with Crippen molar-refractivity contribution in [1.82, 2.24) is 0 Å². The van der Waals surface area contributed by atoms with Gasteiger partial charge in [-0.3, -0.25) is 4.90 Å². The lowest BCUT2D eigenvalue weighted by Gasteiger charge is -2.26. The summed E-state index contributed by atoms with van der Waals surface area (Å²) in [6.45, 7) is 10.3. The van der Waals surface area contributed by atoms with E-state index in [0.717, 1.165) is 39.0 Å². The molecule has 0 aromatic heterocycles. The molecule has 0 fully saturated rings. The van der Waals surface area contributed by atoms with Gasteiger partial charge < -0.3 is 9.47 Å². The predicted octanol–water partition coefficient (Wildman–Crippen LogP) is 4.37. The SMILES string of the molecule is COc1c(C)c(C)c2c(c1Br)CCN2C(=O)OC(C)(C)C. The molecule has 0 unspecified atom stereocenters. The van der Waals surface area contributed by atoms with Crippen LogP contribution in [0.25, 0.3) is 0 Å². The number of carbonyl (C=O) groups excluding carboxylic acids is 1. The van der Waals surface area contributed by atoms with Gasteiger partial charge in [0.2, 0.25) is 0 Å². The number of ether oxygens (including phenoxy) is 2. The van der Waals surface area contributed by atoms with Crippen molar-refractivity contribution >= 4 is 27.7 Å². The number of methoxy groups -OCH3 is 1. The molecule has 0 aliphatic carbocycles. The third kappa shape index (κ3) is 2.89. The number of benzene rings is 1. The van der Waals surface area contributed by atoms with E-state index in [2.05, 4.69) is 15.9 Å². The number of amides is 1. The third-order valence-electron chi connectivity index (χ3n) is 3.68. The number of fused-ring (bicyclic) bond motifs is 1. The molecule has 1 aromatic carbocycles. The minimum absolute atomic E-state index is 0.291. The van der Waals surface area contributed by atoms with Crippen LogP contribution in [0.15, 0.2) is 4.47 Å². The topological polar surface area (TPSA) is 38.8 Å². The van der Waals surface area contributed by atoms with E-state index in [0.29, 0.717) is 6.54 Å². The first-order valence-corrected chi connectivity index (χ1v) is 7.82. The van der Waals surface area contributed by atoms with Crippen LogP contribution in [0.5, 0.6) is 5.75 Å². The average Bonchev–Trinajstić information content (AvgIpc) is 2.80. The molecule has 4 nitrogen and oxygen atoms in total. The first-order valence-electron chi connectivity index (χ1n) is 7.03. The van der Waals surface area contributed by atoms with E-state index in [1.54, 1.807) is 12.0 Å². The number of carbonyl (C=O) groups is 1. The Morgan fingerprint density at radius 3 is 2.38 bits per heavy atom. The summed E-state index contributed by atoms with van der Waals surface area (Å²) in [5.41, 5.74) is 3.68. The number of halogens is 1. The van der Waals surface area contributed by atoms with Gasteiger partial charge in [-0.15, -0.1) is 0 Å². The normalized spacial score (nSPS) is 14.1. The number of anilines is 1. The summed E-state index contributed by atoms with van der Waals surface area (Å²) in [7, 11) is 1.67. The maximum atomic E-state index is 12.4. The van der Waals surface area contributed by atoms with Gasteiger partial charge in [0.1, 0.15) is 11.4 Å². The number of nitrogens with zero attached hydrogens (tertiary/aromatic N) is 1. The Hall–Kier alpha value is -1.23. The summed E-state index contributed by atoms with van der Waals surface area (Å²) in [6, 6.07) is 0. The molecule has 1 amide bonds. The predicted molar refractivity (Wildman–Crippen MR) is 87.5 cm³/mol. The summed E-state index contributed by atoms with van der Waals surface area (Å²) >= 11 is 3.61. The molecule has 0 atom stereocenters. The van der Waals surface area contributed by atoms with Crippen LogP contribution >= 0.6 is 15.9 Å². The van der Waals surface area contributed by atoms with Gasteiger partial charge in [0.25, 0.3) is 0 Å². The zero-order valence-electron chi connectivity index (χ0n) is 13.5. The van der Waals surface area contributed by atoms with Gasteiger partial charge in [-0.25, -0.2) is 4.79 Å². The highest BCUT2D eigenvalue weighted by atomic mass is 79.9. The van der Waals surface area contributed by atoms with Gasteiger partial charge >= 0.3 is 6.09 Å². The number of hydrogen-bond donors (Lipinski definition) is 0. The smallest absolute Gasteiger partial charge is 0.414 e. The Labute approximate surface area is 134 Å². The van der Waals surface area contributed by atoms with Crippen molar-refractivity contribution in [2.24, 2.45) is 0 Å². The van der Waals surface area contributed by atoms with E-state index in [9.17, 15) is 4.79 Å². The molecule has 0 radical (unpaired) electrons. The van der Waals surface area contributed by atoms with E-state index in [1.165, 1.54) is 0 Å². The fourth-order valence-electron chi connectivity index (χ4n) is 2.65. The largest absolute Gasteiger partial charge is 0.495 e. The van der Waals surface area contributed by atoms with E-state index >= 15 is 0 Å². The molecule has 2 rings (SSSR count). The maximum absolute atomic E-state index is 12.4. The molecular formula is C16H22BrNO3. The molecule has 1 aliphatic rings. The maximum Gasteiger partial charge on any atom is 0.414 e. The van der Waals surface area contributed by atoms with Crippen molar-refractivity contribution in [2.75, 3.05) is 18.6 Å². The molecule has 0 bridgehead atoms. The highest BCUT2D eigenvalue weighted by molar-refractivity contribution is 9.10. The molecular weight excluding hydrogens is 334 g/mol. The number of rotatable bonds is 1. The molecule has 1 aliphatic heterocycles. The van der Waals surface area contributed by atoms with Gasteiger partial charge in [0.15, 0.2) is 0 Å². The molecule has 0 saturated heterocycles. The fourth-order valence-corrected chi connectivity index (χ4v) is 3.50. The van der Waals surface area contributed by atoms with E-state index < -0.39 is 5.60 Å². The van der Waals surface area contributed by atoms with Crippen molar-refractivity contribution in [3.63, 3.8) is 0 Å². The summed E-state index contributed by atoms with van der Waals surface area (Å²) in [4.78, 5) is 14.1. The second kappa shape index (κ2) is 5.52. The second-order valence-electron chi connectivity index (χ2n) is 6.31. The average molecular weight is 356 g/mol. The zero-order valence-corrected chi connectivity index (χ0v) is 15.1. The molecule has 21 heavy (non-hydrogen) atoms. The van der Waals surface area contributed by atoms with Crippen LogP contribution in [0.2, 0.25) is 0 Å². The lowest BCUT2D eigenvalue weighted by molar-refractivity contribution is 0.0584. The van der Waals surface area contributed by atoms with Crippen molar-refractivity contribution in [2.45, 2.75) is 46.6 Å². The van der Waals surface area contributed by atoms with Gasteiger partial charge in [0.05, 0.1) is 17.3 Å². The Bertz CT molecular complexity index is 590. The van der Waals surface area contributed by atoms with Gasteiger partial charge in [-0.05, 0) is 73.7 Å². The molecule has 5 heteroatoms. The monoisotopic (exact) mass is 355 g/mol. The van der Waals surface area contributed by atoms with Crippen LogP contribution in [0.3, 0.4) is 0 Å². The molecule has 0 spiro atoms. The van der Waals surface area contributed by atoms with Crippen LogP contribution in [0.1, 0.15) is 37.5 Å². The van der Waals surface area contributed by atoms with E-state index in [4.69, 9.17) is 9.47 Å². The molecule has 116 valence electrons. The van der Waals surface area contributed by atoms with Crippen LogP contribution in [0, 0.1) is 13.8 Å². The van der Waals surface area contributed by atoms with Crippen molar-refractivity contribution in [3.05, 3.63) is 21.2 Å². The lowest BCUT2D eigenvalue weighted by atomic mass is 10.0. The minimum Gasteiger partial charge on any atom is -0.495 e. The van der Waals surface area contributed by atoms with Gasteiger partial charge in [-0.1, -0.05) is 0 Å². The third-order valence-corrected chi connectivity index (χ3v) is 4.52. The number of hydrogen-bond acceptors (Lipinski definition) is 3. The standard InChI is InChI=1S/C16H22BrNO3/c1-9-10(2)14(20-6)12(17)11-7-8-18(13(9)11)15(19)21-16(3,4)5/h7-8H2,1-6H3. The van der Waals surface area contributed by atoms with Gasteiger partial charge in [0, 0.05) is 6.54 Å². The van der Waals surface area contributed by atoms with Crippen LogP contribution in [-0.2, 0) is 11.2 Å². The molecule has 0 saturated carbocycles. The highest BCUT2D eigenvalue weighted by Gasteiger charge is 2.33. The molecule has 1 aromatic rings. The quantitative estimate of drug-likeness (QED) is 0.750. The minimum atomic E-state index is -0.494. The van der Waals surface area contributed by atoms with E-state index in [1.807, 2.05) is 34.6 Å². The zero-order chi connectivity index (χ0) is 15.9. The van der Waals surface area contributed by atoms with Crippen molar-refractivity contribution in [1.29, 1.82) is 0 Å². The highest BCUT2D eigenvalue weighted by Crippen LogP contribution is 2.45. The lowest BCUT2D eigenvalue weighted by Crippen LogP contribution is -2.36.